The van der Waals surface area contributed by atoms with Gasteiger partial charge in [-0.3, -0.25) is 4.79 Å². The maximum Gasteiger partial charge on any atom is 0.308 e. The standard InChI is InChI=1S/C7H7ClO2S/c8-4-6-2-1-5(11-6)3-7(9)10/h1-2H,3-4H2,(H,9,10). The average Bonchev–Trinajstić information content (AvgIpc) is 2.34. The number of carboxylic acid groups (broad SMARTS) is 1. The van der Waals surface area contributed by atoms with Crippen molar-refractivity contribution in [1.82, 2.24) is 0 Å². The molecule has 0 atom stereocenters. The molecular weight excluding hydrogens is 184 g/mol. The molecule has 1 N–H and O–H groups in total. The van der Waals surface area contributed by atoms with Gasteiger partial charge < -0.3 is 5.11 Å². The molecule has 0 aliphatic rings. The molecule has 0 aliphatic heterocycles. The first-order valence-electron chi connectivity index (χ1n) is 3.07. The van der Waals surface area contributed by atoms with E-state index in [0.717, 1.165) is 9.75 Å². The van der Waals surface area contributed by atoms with Gasteiger partial charge in [0.1, 0.15) is 0 Å². The Bertz CT molecular complexity index is 257. The molecule has 0 bridgehead atoms. The summed E-state index contributed by atoms with van der Waals surface area (Å²) < 4.78 is 0. The summed E-state index contributed by atoms with van der Waals surface area (Å²) in [5, 5.41) is 8.42. The first kappa shape index (κ1) is 8.56. The zero-order valence-corrected chi connectivity index (χ0v) is 7.28. The van der Waals surface area contributed by atoms with Crippen molar-refractivity contribution in [3.05, 3.63) is 21.9 Å². The third-order valence-corrected chi connectivity index (χ3v) is 2.71. The van der Waals surface area contributed by atoms with Crippen LogP contribution in [-0.2, 0) is 17.1 Å². The Balaban J connectivity index is 2.65. The lowest BCUT2D eigenvalue weighted by molar-refractivity contribution is -0.136. The number of aliphatic carboxylic acids is 1. The van der Waals surface area contributed by atoms with Crippen molar-refractivity contribution in [3.8, 4) is 0 Å². The van der Waals surface area contributed by atoms with Gasteiger partial charge in [0.25, 0.3) is 0 Å². The summed E-state index contributed by atoms with van der Waals surface area (Å²) in [7, 11) is 0. The van der Waals surface area contributed by atoms with Gasteiger partial charge in [0.2, 0.25) is 0 Å². The highest BCUT2D eigenvalue weighted by Gasteiger charge is 2.02. The first-order valence-corrected chi connectivity index (χ1v) is 4.43. The van der Waals surface area contributed by atoms with E-state index in [-0.39, 0.29) is 6.42 Å². The minimum Gasteiger partial charge on any atom is -0.481 e. The summed E-state index contributed by atoms with van der Waals surface area (Å²) in [6.45, 7) is 0. The summed E-state index contributed by atoms with van der Waals surface area (Å²) in [6.07, 6.45) is 0.0988. The second-order valence-electron chi connectivity index (χ2n) is 2.07. The van der Waals surface area contributed by atoms with E-state index in [9.17, 15) is 4.79 Å². The lowest BCUT2D eigenvalue weighted by Crippen LogP contribution is -1.96. The number of thiophene rings is 1. The van der Waals surface area contributed by atoms with Crippen LogP contribution < -0.4 is 0 Å². The van der Waals surface area contributed by atoms with Gasteiger partial charge in [-0.15, -0.1) is 22.9 Å². The van der Waals surface area contributed by atoms with Crippen molar-refractivity contribution < 1.29 is 9.90 Å². The highest BCUT2D eigenvalue weighted by atomic mass is 35.5. The van der Waals surface area contributed by atoms with Crippen LogP contribution in [0.3, 0.4) is 0 Å². The third-order valence-electron chi connectivity index (χ3n) is 1.17. The van der Waals surface area contributed by atoms with Gasteiger partial charge in [0.15, 0.2) is 0 Å². The van der Waals surface area contributed by atoms with E-state index in [1.807, 2.05) is 6.07 Å². The summed E-state index contributed by atoms with van der Waals surface area (Å²) in [5.74, 6) is -0.336. The van der Waals surface area contributed by atoms with Gasteiger partial charge >= 0.3 is 5.97 Å². The highest BCUT2D eigenvalue weighted by molar-refractivity contribution is 7.12. The highest BCUT2D eigenvalue weighted by Crippen LogP contribution is 2.18. The quantitative estimate of drug-likeness (QED) is 0.742. The first-order chi connectivity index (χ1) is 5.22. The van der Waals surface area contributed by atoms with Gasteiger partial charge in [-0.05, 0) is 12.1 Å². The Labute approximate surface area is 73.4 Å². The molecule has 0 fully saturated rings. The van der Waals surface area contributed by atoms with Crippen molar-refractivity contribution in [3.63, 3.8) is 0 Å². The number of hydrogen-bond donors (Lipinski definition) is 1. The Morgan fingerprint density at radius 1 is 1.55 bits per heavy atom. The van der Waals surface area contributed by atoms with E-state index >= 15 is 0 Å². The van der Waals surface area contributed by atoms with E-state index in [1.165, 1.54) is 11.3 Å². The maximum absolute atomic E-state index is 10.2. The van der Waals surface area contributed by atoms with Crippen LogP contribution >= 0.6 is 22.9 Å². The predicted octanol–water partition coefficient (Wildman–Crippen LogP) is 2.11. The molecule has 1 aromatic rings. The number of halogens is 1. The van der Waals surface area contributed by atoms with Crippen LogP contribution in [-0.4, -0.2) is 11.1 Å². The molecule has 1 aromatic heterocycles. The fourth-order valence-corrected chi connectivity index (χ4v) is 1.85. The normalized spacial score (nSPS) is 9.91. The second kappa shape index (κ2) is 3.74. The zero-order valence-electron chi connectivity index (χ0n) is 5.71. The Morgan fingerprint density at radius 3 is 2.64 bits per heavy atom. The van der Waals surface area contributed by atoms with Gasteiger partial charge in [-0.1, -0.05) is 0 Å². The van der Waals surface area contributed by atoms with Crippen LogP contribution in [0.5, 0.6) is 0 Å². The van der Waals surface area contributed by atoms with Gasteiger partial charge in [0.05, 0.1) is 12.3 Å². The molecule has 4 heteroatoms. The minimum absolute atomic E-state index is 0.0988. The number of carbonyl (C=O) groups is 1. The summed E-state index contributed by atoms with van der Waals surface area (Å²) in [4.78, 5) is 12.1. The number of alkyl halides is 1. The van der Waals surface area contributed by atoms with E-state index in [0.29, 0.717) is 5.88 Å². The van der Waals surface area contributed by atoms with Crippen LogP contribution in [0, 0.1) is 0 Å². The van der Waals surface area contributed by atoms with Crippen molar-refractivity contribution in [2.75, 3.05) is 0 Å². The Kier molecular flexibility index (Phi) is 2.91. The fraction of sp³-hybridized carbons (Fsp3) is 0.286. The van der Waals surface area contributed by atoms with Crippen LogP contribution in [0.2, 0.25) is 0 Å². The lowest BCUT2D eigenvalue weighted by atomic mass is 10.3. The van der Waals surface area contributed by atoms with Gasteiger partial charge in [0, 0.05) is 9.75 Å². The van der Waals surface area contributed by atoms with Crippen LogP contribution in [0.1, 0.15) is 9.75 Å². The van der Waals surface area contributed by atoms with Crippen LogP contribution in [0.4, 0.5) is 0 Å². The molecule has 0 saturated carbocycles. The zero-order chi connectivity index (χ0) is 8.27. The molecule has 1 rings (SSSR count). The van der Waals surface area contributed by atoms with Crippen molar-refractivity contribution in [2.45, 2.75) is 12.3 Å². The molecular formula is C7H7ClO2S. The second-order valence-corrected chi connectivity index (χ2v) is 3.59. The van der Waals surface area contributed by atoms with Crippen LogP contribution in [0.15, 0.2) is 12.1 Å². The molecule has 0 spiro atoms. The van der Waals surface area contributed by atoms with E-state index in [1.54, 1.807) is 6.07 Å². The van der Waals surface area contributed by atoms with Gasteiger partial charge in [-0.2, -0.15) is 0 Å². The number of carboxylic acids is 1. The summed E-state index contributed by atoms with van der Waals surface area (Å²) >= 11 is 6.99. The SMILES string of the molecule is O=C(O)Cc1ccc(CCl)s1. The van der Waals surface area contributed by atoms with E-state index < -0.39 is 5.97 Å². The molecule has 1 heterocycles. The molecule has 60 valence electrons. The lowest BCUT2D eigenvalue weighted by Gasteiger charge is -1.87. The van der Waals surface area contributed by atoms with E-state index in [2.05, 4.69) is 0 Å². The Morgan fingerprint density at radius 2 is 2.18 bits per heavy atom. The van der Waals surface area contributed by atoms with Crippen LogP contribution in [0.25, 0.3) is 0 Å². The maximum atomic E-state index is 10.2. The molecule has 2 nitrogen and oxygen atoms in total. The number of hydrogen-bond acceptors (Lipinski definition) is 2. The topological polar surface area (TPSA) is 37.3 Å². The van der Waals surface area contributed by atoms with Crippen molar-refractivity contribution in [1.29, 1.82) is 0 Å². The smallest absolute Gasteiger partial charge is 0.308 e. The van der Waals surface area contributed by atoms with Crippen molar-refractivity contribution in [2.24, 2.45) is 0 Å². The molecule has 11 heavy (non-hydrogen) atoms. The minimum atomic E-state index is -0.798. The monoisotopic (exact) mass is 190 g/mol. The predicted molar refractivity (Wildman–Crippen MR) is 45.2 cm³/mol. The summed E-state index contributed by atoms with van der Waals surface area (Å²) in [5.41, 5.74) is 0. The fourth-order valence-electron chi connectivity index (χ4n) is 0.738. The largest absolute Gasteiger partial charge is 0.481 e. The molecule has 0 saturated heterocycles. The summed E-state index contributed by atoms with van der Waals surface area (Å²) in [6, 6.07) is 3.66. The third kappa shape index (κ3) is 2.52. The molecule has 0 aliphatic carbocycles. The van der Waals surface area contributed by atoms with Gasteiger partial charge in [-0.25, -0.2) is 0 Å². The molecule has 0 unspecified atom stereocenters. The molecule has 0 aromatic carbocycles. The average molecular weight is 191 g/mol. The Hall–Kier alpha value is -0.540. The van der Waals surface area contributed by atoms with E-state index in [4.69, 9.17) is 16.7 Å². The van der Waals surface area contributed by atoms with Crippen molar-refractivity contribution >= 4 is 28.9 Å². The molecule has 0 amide bonds. The number of rotatable bonds is 3. The molecule has 0 radical (unpaired) electrons.